The Bertz CT molecular complexity index is 1240. The predicted molar refractivity (Wildman–Crippen MR) is 128 cm³/mol. The highest BCUT2D eigenvalue weighted by atomic mass is 16.5. The number of benzene rings is 2. The fourth-order valence-corrected chi connectivity index (χ4v) is 5.27. The van der Waals surface area contributed by atoms with Crippen LogP contribution in [0.4, 0.5) is 0 Å². The molecule has 1 fully saturated rings. The van der Waals surface area contributed by atoms with Crippen LogP contribution in [0.25, 0.3) is 17.0 Å². The number of fused-ring (bicyclic) bond motifs is 2. The van der Waals surface area contributed by atoms with E-state index in [1.165, 1.54) is 17.0 Å². The number of carbonyl (C=O) groups excluding carboxylic acids is 1. The average molecular weight is 445 g/mol. The van der Waals surface area contributed by atoms with Crippen LogP contribution >= 0.6 is 0 Å². The van der Waals surface area contributed by atoms with Crippen LogP contribution in [0, 0.1) is 0 Å². The number of para-hydroxylation sites is 1. The van der Waals surface area contributed by atoms with Crippen LogP contribution in [-0.4, -0.2) is 45.4 Å². The van der Waals surface area contributed by atoms with E-state index in [1.807, 2.05) is 6.07 Å². The molecule has 6 nitrogen and oxygen atoms in total. The number of aliphatic carboxylic acids is 1. The summed E-state index contributed by atoms with van der Waals surface area (Å²) in [6, 6.07) is 14.0. The maximum Gasteiger partial charge on any atom is 0.328 e. The van der Waals surface area contributed by atoms with E-state index in [-0.39, 0.29) is 11.8 Å². The van der Waals surface area contributed by atoms with Crippen molar-refractivity contribution >= 4 is 28.7 Å². The Hall–Kier alpha value is -3.38. The van der Waals surface area contributed by atoms with Crippen LogP contribution in [0.15, 0.2) is 54.7 Å². The van der Waals surface area contributed by atoms with Crippen molar-refractivity contribution < 1.29 is 19.4 Å². The van der Waals surface area contributed by atoms with Gasteiger partial charge >= 0.3 is 5.97 Å². The summed E-state index contributed by atoms with van der Waals surface area (Å²) in [5.41, 5.74) is 3.21. The van der Waals surface area contributed by atoms with E-state index in [1.54, 1.807) is 18.2 Å². The van der Waals surface area contributed by atoms with Gasteiger partial charge in [0.25, 0.3) is 0 Å². The minimum atomic E-state index is -1.01. The molecule has 6 heteroatoms. The van der Waals surface area contributed by atoms with Crippen LogP contribution < -0.4 is 4.74 Å². The first-order chi connectivity index (χ1) is 15.9. The van der Waals surface area contributed by atoms with Gasteiger partial charge in [-0.3, -0.25) is 9.69 Å². The number of nitrogens with zero attached hydrogens (tertiary/aromatic N) is 1. The molecule has 0 saturated carbocycles. The summed E-state index contributed by atoms with van der Waals surface area (Å²) in [4.78, 5) is 29.7. The molecular formula is C27H28N2O4. The Kier molecular flexibility index (Phi) is 5.54. The van der Waals surface area contributed by atoms with Gasteiger partial charge in [-0.1, -0.05) is 24.3 Å². The van der Waals surface area contributed by atoms with Gasteiger partial charge < -0.3 is 14.8 Å². The number of hydrogen-bond acceptors (Lipinski definition) is 4. The number of hydrogen-bond donors (Lipinski definition) is 2. The number of rotatable bonds is 4. The quantitative estimate of drug-likeness (QED) is 0.540. The zero-order valence-corrected chi connectivity index (χ0v) is 18.7. The standard InChI is InChI=1S/C27H28N2O4/c1-18(22-17-28-23-6-3-2-5-20(22)23)29-13-4-11-27(12-14-29)16-24(30)21-15-19(8-10-26(31)32)7-9-25(21)33-27/h2-3,5-10,15,17-18,28H,4,11-14,16H2,1H3,(H,31,32)/b10-8+. The fraction of sp³-hybridized carbons (Fsp3) is 0.333. The third kappa shape index (κ3) is 4.18. The number of aromatic nitrogens is 1. The van der Waals surface area contributed by atoms with Crippen molar-refractivity contribution in [3.8, 4) is 5.75 Å². The molecular weight excluding hydrogens is 416 g/mol. The SMILES string of the molecule is CC(c1c[nH]c2ccccc12)N1CCCC2(CC1)CC(=O)c1cc(/C=C/C(=O)O)ccc1O2. The number of aromatic amines is 1. The Morgan fingerprint density at radius 2 is 2.06 bits per heavy atom. The summed E-state index contributed by atoms with van der Waals surface area (Å²) >= 11 is 0. The Morgan fingerprint density at radius 1 is 1.21 bits per heavy atom. The average Bonchev–Trinajstić information content (AvgIpc) is 3.13. The minimum Gasteiger partial charge on any atom is -0.486 e. The van der Waals surface area contributed by atoms with E-state index in [0.717, 1.165) is 43.9 Å². The molecule has 2 unspecified atom stereocenters. The lowest BCUT2D eigenvalue weighted by Gasteiger charge is -2.38. The summed E-state index contributed by atoms with van der Waals surface area (Å²) in [6.07, 6.45) is 7.66. The number of ketones is 1. The Labute approximate surface area is 192 Å². The number of likely N-dealkylation sites (tertiary alicyclic amines) is 1. The maximum absolute atomic E-state index is 13.1. The van der Waals surface area contributed by atoms with Gasteiger partial charge in [0.1, 0.15) is 11.4 Å². The van der Waals surface area contributed by atoms with Gasteiger partial charge in [0.05, 0.1) is 12.0 Å². The molecule has 0 aliphatic carbocycles. The van der Waals surface area contributed by atoms with Gasteiger partial charge in [-0.05, 0) is 61.7 Å². The number of H-pyrrole nitrogens is 1. The summed E-state index contributed by atoms with van der Waals surface area (Å²) in [6.45, 7) is 4.08. The molecule has 2 atom stereocenters. The van der Waals surface area contributed by atoms with Crippen molar-refractivity contribution in [1.82, 2.24) is 9.88 Å². The number of Topliss-reactive ketones (excluding diaryl/α,β-unsaturated/α-hetero) is 1. The number of nitrogens with one attached hydrogen (secondary N) is 1. The fourth-order valence-electron chi connectivity index (χ4n) is 5.27. The zero-order chi connectivity index (χ0) is 23.0. The minimum absolute atomic E-state index is 0.0694. The number of carbonyl (C=O) groups is 2. The Morgan fingerprint density at radius 3 is 2.91 bits per heavy atom. The lowest BCUT2D eigenvalue weighted by molar-refractivity contribution is -0.131. The van der Waals surface area contributed by atoms with Crippen molar-refractivity contribution in [2.45, 2.75) is 44.2 Å². The molecule has 3 heterocycles. The van der Waals surface area contributed by atoms with Gasteiger partial charge in [0.15, 0.2) is 5.78 Å². The molecule has 1 saturated heterocycles. The molecule has 1 spiro atoms. The second-order valence-corrected chi connectivity index (χ2v) is 9.17. The molecule has 0 radical (unpaired) electrons. The summed E-state index contributed by atoms with van der Waals surface area (Å²) < 4.78 is 6.49. The highest BCUT2D eigenvalue weighted by Gasteiger charge is 2.42. The van der Waals surface area contributed by atoms with E-state index in [9.17, 15) is 9.59 Å². The van der Waals surface area contributed by atoms with Crippen LogP contribution in [-0.2, 0) is 4.79 Å². The normalized spacial score (nSPS) is 22.3. The molecule has 3 aromatic rings. The molecule has 33 heavy (non-hydrogen) atoms. The van der Waals surface area contributed by atoms with Crippen molar-refractivity contribution in [3.05, 3.63) is 71.4 Å². The van der Waals surface area contributed by atoms with Gasteiger partial charge in [-0.25, -0.2) is 4.79 Å². The van der Waals surface area contributed by atoms with Crippen LogP contribution in [0.5, 0.6) is 5.75 Å². The first kappa shape index (κ1) is 21.5. The van der Waals surface area contributed by atoms with Crippen LogP contribution in [0.3, 0.4) is 0 Å². The number of carboxylic acid groups (broad SMARTS) is 1. The summed E-state index contributed by atoms with van der Waals surface area (Å²) in [5.74, 6) is -0.337. The third-order valence-electron chi connectivity index (χ3n) is 7.08. The van der Waals surface area contributed by atoms with Crippen molar-refractivity contribution in [1.29, 1.82) is 0 Å². The van der Waals surface area contributed by atoms with E-state index >= 15 is 0 Å². The molecule has 2 N–H and O–H groups in total. The van der Waals surface area contributed by atoms with E-state index in [2.05, 4.69) is 41.2 Å². The van der Waals surface area contributed by atoms with Crippen molar-refractivity contribution in [3.63, 3.8) is 0 Å². The van der Waals surface area contributed by atoms with E-state index in [4.69, 9.17) is 9.84 Å². The second-order valence-electron chi connectivity index (χ2n) is 9.17. The molecule has 0 bridgehead atoms. The second kappa shape index (κ2) is 8.52. The highest BCUT2D eigenvalue weighted by molar-refractivity contribution is 6.01. The number of carboxylic acids is 1. The smallest absolute Gasteiger partial charge is 0.328 e. The molecule has 0 amide bonds. The zero-order valence-electron chi connectivity index (χ0n) is 18.7. The largest absolute Gasteiger partial charge is 0.486 e. The van der Waals surface area contributed by atoms with Crippen LogP contribution in [0.2, 0.25) is 0 Å². The maximum atomic E-state index is 13.1. The lowest BCUT2D eigenvalue weighted by atomic mass is 9.84. The summed E-state index contributed by atoms with van der Waals surface area (Å²) in [5, 5.41) is 10.1. The first-order valence-electron chi connectivity index (χ1n) is 11.5. The van der Waals surface area contributed by atoms with Gasteiger partial charge in [-0.15, -0.1) is 0 Å². The lowest BCUT2D eigenvalue weighted by Crippen LogP contribution is -2.43. The first-order valence-corrected chi connectivity index (χ1v) is 11.5. The van der Waals surface area contributed by atoms with Crippen molar-refractivity contribution in [2.75, 3.05) is 13.1 Å². The molecule has 2 aliphatic heterocycles. The molecule has 2 aromatic carbocycles. The Balaban J connectivity index is 1.33. The van der Waals surface area contributed by atoms with E-state index in [0.29, 0.717) is 23.3 Å². The molecule has 5 rings (SSSR count). The number of ether oxygens (including phenoxy) is 1. The highest BCUT2D eigenvalue weighted by Crippen LogP contribution is 2.41. The van der Waals surface area contributed by atoms with E-state index < -0.39 is 11.6 Å². The summed E-state index contributed by atoms with van der Waals surface area (Å²) in [7, 11) is 0. The molecule has 1 aromatic heterocycles. The topological polar surface area (TPSA) is 82.6 Å². The van der Waals surface area contributed by atoms with Crippen LogP contribution in [0.1, 0.15) is 60.1 Å². The van der Waals surface area contributed by atoms with Gasteiger partial charge in [0, 0.05) is 42.2 Å². The van der Waals surface area contributed by atoms with Gasteiger partial charge in [0.2, 0.25) is 0 Å². The van der Waals surface area contributed by atoms with Crippen molar-refractivity contribution in [2.24, 2.45) is 0 Å². The predicted octanol–water partition coefficient (Wildman–Crippen LogP) is 5.22. The third-order valence-corrected chi connectivity index (χ3v) is 7.08. The molecule has 2 aliphatic rings. The van der Waals surface area contributed by atoms with Gasteiger partial charge in [-0.2, -0.15) is 0 Å². The molecule has 170 valence electrons. The monoisotopic (exact) mass is 444 g/mol.